The molecule has 0 aliphatic rings. The highest BCUT2D eigenvalue weighted by molar-refractivity contribution is 7.85. The zero-order valence-electron chi connectivity index (χ0n) is 11.3. The topological polar surface area (TPSA) is 38.3 Å². The third kappa shape index (κ3) is 2.96. The Balaban J connectivity index is 2.40. The SMILES string of the molecule is CNc1cc(OC)ccc1S(=O)c1ccc(C)cc1. The van der Waals surface area contributed by atoms with E-state index in [2.05, 4.69) is 5.32 Å². The van der Waals surface area contributed by atoms with Crippen LogP contribution in [0, 0.1) is 6.92 Å². The van der Waals surface area contributed by atoms with Crippen LogP contribution in [0.1, 0.15) is 5.56 Å². The van der Waals surface area contributed by atoms with E-state index >= 15 is 0 Å². The number of nitrogens with one attached hydrogen (secondary N) is 1. The molecule has 0 aromatic heterocycles. The lowest BCUT2D eigenvalue weighted by Gasteiger charge is -2.11. The summed E-state index contributed by atoms with van der Waals surface area (Å²) in [5.74, 6) is 0.744. The van der Waals surface area contributed by atoms with Gasteiger partial charge in [0.15, 0.2) is 0 Å². The fraction of sp³-hybridized carbons (Fsp3) is 0.200. The van der Waals surface area contributed by atoms with Gasteiger partial charge in [-0.05, 0) is 31.2 Å². The first kappa shape index (κ1) is 13.6. The monoisotopic (exact) mass is 275 g/mol. The normalized spacial score (nSPS) is 11.9. The first-order valence-electron chi connectivity index (χ1n) is 6.00. The van der Waals surface area contributed by atoms with Crippen LogP contribution in [0.25, 0.3) is 0 Å². The minimum atomic E-state index is -1.19. The first-order chi connectivity index (χ1) is 9.15. The third-order valence-corrected chi connectivity index (χ3v) is 4.35. The summed E-state index contributed by atoms with van der Waals surface area (Å²) in [4.78, 5) is 1.56. The summed E-state index contributed by atoms with van der Waals surface area (Å²) in [5, 5.41) is 3.06. The van der Waals surface area contributed by atoms with Crippen LogP contribution in [0.4, 0.5) is 5.69 Å². The summed E-state index contributed by atoms with van der Waals surface area (Å²) in [5.41, 5.74) is 1.97. The van der Waals surface area contributed by atoms with Crippen molar-refractivity contribution in [2.75, 3.05) is 19.5 Å². The number of aryl methyl sites for hydroxylation is 1. The van der Waals surface area contributed by atoms with E-state index < -0.39 is 10.8 Å². The van der Waals surface area contributed by atoms with Gasteiger partial charge in [0.2, 0.25) is 0 Å². The van der Waals surface area contributed by atoms with Crippen LogP contribution in [0.2, 0.25) is 0 Å². The van der Waals surface area contributed by atoms with Crippen LogP contribution in [0.3, 0.4) is 0 Å². The van der Waals surface area contributed by atoms with E-state index in [0.29, 0.717) is 0 Å². The van der Waals surface area contributed by atoms with Crippen molar-refractivity contribution in [1.82, 2.24) is 0 Å². The molecule has 0 aliphatic carbocycles. The summed E-state index contributed by atoms with van der Waals surface area (Å²) in [6.45, 7) is 2.01. The molecule has 100 valence electrons. The summed E-state index contributed by atoms with van der Waals surface area (Å²) in [6.07, 6.45) is 0. The summed E-state index contributed by atoms with van der Waals surface area (Å²) in [6, 6.07) is 13.2. The summed E-state index contributed by atoms with van der Waals surface area (Å²) in [7, 11) is 2.23. The molecule has 2 rings (SSSR count). The molecule has 2 aromatic carbocycles. The zero-order chi connectivity index (χ0) is 13.8. The van der Waals surface area contributed by atoms with E-state index in [1.807, 2.05) is 56.4 Å². The van der Waals surface area contributed by atoms with E-state index in [4.69, 9.17) is 4.74 Å². The highest BCUT2D eigenvalue weighted by Gasteiger charge is 2.12. The van der Waals surface area contributed by atoms with Crippen LogP contribution in [-0.2, 0) is 10.8 Å². The molecule has 1 unspecified atom stereocenters. The fourth-order valence-corrected chi connectivity index (χ4v) is 2.97. The predicted octanol–water partition coefficient (Wildman–Crippen LogP) is 3.21. The summed E-state index contributed by atoms with van der Waals surface area (Å²) >= 11 is 0. The summed E-state index contributed by atoms with van der Waals surface area (Å²) < 4.78 is 17.7. The molecule has 19 heavy (non-hydrogen) atoms. The van der Waals surface area contributed by atoms with E-state index in [-0.39, 0.29) is 0 Å². The molecule has 0 bridgehead atoms. The first-order valence-corrected chi connectivity index (χ1v) is 7.15. The second-order valence-corrected chi connectivity index (χ2v) is 5.64. The highest BCUT2D eigenvalue weighted by Crippen LogP contribution is 2.28. The van der Waals surface area contributed by atoms with Crippen molar-refractivity contribution in [2.45, 2.75) is 16.7 Å². The van der Waals surface area contributed by atoms with Gasteiger partial charge in [-0.2, -0.15) is 0 Å². The van der Waals surface area contributed by atoms with Gasteiger partial charge in [-0.15, -0.1) is 0 Å². The zero-order valence-corrected chi connectivity index (χ0v) is 12.1. The molecule has 0 saturated heterocycles. The molecule has 0 radical (unpaired) electrons. The number of methoxy groups -OCH3 is 1. The largest absolute Gasteiger partial charge is 0.497 e. The fourth-order valence-electron chi connectivity index (χ4n) is 1.78. The van der Waals surface area contributed by atoms with Crippen molar-refractivity contribution in [1.29, 1.82) is 0 Å². The maximum atomic E-state index is 12.6. The number of anilines is 1. The Morgan fingerprint density at radius 2 is 1.79 bits per heavy atom. The quantitative estimate of drug-likeness (QED) is 0.931. The average molecular weight is 275 g/mol. The van der Waals surface area contributed by atoms with Crippen LogP contribution in [0.15, 0.2) is 52.3 Å². The van der Waals surface area contributed by atoms with Crippen molar-refractivity contribution < 1.29 is 8.95 Å². The minimum Gasteiger partial charge on any atom is -0.497 e. The Morgan fingerprint density at radius 3 is 2.37 bits per heavy atom. The highest BCUT2D eigenvalue weighted by atomic mass is 32.2. The van der Waals surface area contributed by atoms with E-state index in [0.717, 1.165) is 26.8 Å². The minimum absolute atomic E-state index is 0.744. The average Bonchev–Trinajstić information content (AvgIpc) is 2.46. The molecule has 0 fully saturated rings. The standard InChI is InChI=1S/C15H17NO2S/c1-11-4-7-13(8-5-11)19(17)15-9-6-12(18-3)10-14(15)16-2/h4-10,16H,1-3H3. The smallest absolute Gasteiger partial charge is 0.121 e. The van der Waals surface area contributed by atoms with Gasteiger partial charge in [-0.25, -0.2) is 4.21 Å². The third-order valence-electron chi connectivity index (χ3n) is 2.89. The number of ether oxygens (including phenoxy) is 1. The van der Waals surface area contributed by atoms with Crippen LogP contribution in [-0.4, -0.2) is 18.4 Å². The Kier molecular flexibility index (Phi) is 4.22. The lowest BCUT2D eigenvalue weighted by molar-refractivity contribution is 0.414. The maximum absolute atomic E-state index is 12.6. The lowest BCUT2D eigenvalue weighted by Crippen LogP contribution is -2.00. The molecular formula is C15H17NO2S. The van der Waals surface area contributed by atoms with Gasteiger partial charge in [-0.1, -0.05) is 17.7 Å². The molecule has 1 N–H and O–H groups in total. The molecule has 0 saturated carbocycles. The van der Waals surface area contributed by atoms with Gasteiger partial charge in [0, 0.05) is 18.0 Å². The van der Waals surface area contributed by atoms with Crippen LogP contribution in [0.5, 0.6) is 5.75 Å². The molecule has 1 atom stereocenters. The van der Waals surface area contributed by atoms with Crippen molar-refractivity contribution >= 4 is 16.5 Å². The molecule has 0 amide bonds. The number of hydrogen-bond donors (Lipinski definition) is 1. The molecule has 2 aromatic rings. The van der Waals surface area contributed by atoms with Crippen molar-refractivity contribution in [3.63, 3.8) is 0 Å². The van der Waals surface area contributed by atoms with Crippen LogP contribution < -0.4 is 10.1 Å². The van der Waals surface area contributed by atoms with Crippen molar-refractivity contribution in [2.24, 2.45) is 0 Å². The molecular weight excluding hydrogens is 258 g/mol. The van der Waals surface area contributed by atoms with Gasteiger partial charge in [0.1, 0.15) is 5.75 Å². The van der Waals surface area contributed by atoms with Crippen LogP contribution >= 0.6 is 0 Å². The number of rotatable bonds is 4. The number of benzene rings is 2. The van der Waals surface area contributed by atoms with Gasteiger partial charge in [0.05, 0.1) is 28.5 Å². The van der Waals surface area contributed by atoms with Gasteiger partial charge in [0.25, 0.3) is 0 Å². The molecule has 0 aliphatic heterocycles. The van der Waals surface area contributed by atoms with E-state index in [1.165, 1.54) is 0 Å². The second kappa shape index (κ2) is 5.89. The van der Waals surface area contributed by atoms with Crippen molar-refractivity contribution in [3.05, 3.63) is 48.0 Å². The molecule has 4 heteroatoms. The van der Waals surface area contributed by atoms with Gasteiger partial charge >= 0.3 is 0 Å². The Hall–Kier alpha value is -1.81. The number of hydrogen-bond acceptors (Lipinski definition) is 3. The molecule has 0 spiro atoms. The maximum Gasteiger partial charge on any atom is 0.121 e. The van der Waals surface area contributed by atoms with E-state index in [9.17, 15) is 4.21 Å². The Morgan fingerprint density at radius 1 is 1.11 bits per heavy atom. The lowest BCUT2D eigenvalue weighted by atomic mass is 10.2. The Bertz CT molecular complexity index is 594. The van der Waals surface area contributed by atoms with Gasteiger partial charge < -0.3 is 10.1 Å². The Labute approximate surface area is 116 Å². The predicted molar refractivity (Wildman–Crippen MR) is 78.4 cm³/mol. The van der Waals surface area contributed by atoms with Gasteiger partial charge in [-0.3, -0.25) is 0 Å². The van der Waals surface area contributed by atoms with E-state index in [1.54, 1.807) is 7.11 Å². The molecule has 3 nitrogen and oxygen atoms in total. The molecule has 0 heterocycles. The second-order valence-electron chi connectivity index (χ2n) is 4.19. The van der Waals surface area contributed by atoms with Crippen molar-refractivity contribution in [3.8, 4) is 5.75 Å².